The summed E-state index contributed by atoms with van der Waals surface area (Å²) in [5, 5.41) is 6.52. The smallest absolute Gasteiger partial charge is 0.262 e. The molecule has 0 bridgehead atoms. The minimum absolute atomic E-state index is 0.116. The summed E-state index contributed by atoms with van der Waals surface area (Å²) >= 11 is 0. The summed E-state index contributed by atoms with van der Waals surface area (Å²) in [7, 11) is 0. The molecule has 2 aromatic carbocycles. The van der Waals surface area contributed by atoms with Gasteiger partial charge in [-0.25, -0.2) is 9.82 Å². The Morgan fingerprint density at radius 2 is 1.82 bits per heavy atom. The lowest BCUT2D eigenvalue weighted by molar-refractivity contribution is -0.123. The number of hydrazone groups is 1. The predicted molar refractivity (Wildman–Crippen MR) is 106 cm³/mol. The van der Waals surface area contributed by atoms with Gasteiger partial charge in [-0.05, 0) is 37.1 Å². The van der Waals surface area contributed by atoms with Crippen molar-refractivity contribution in [3.63, 3.8) is 0 Å². The fourth-order valence-corrected chi connectivity index (χ4v) is 2.51. The molecule has 28 heavy (non-hydrogen) atoms. The van der Waals surface area contributed by atoms with Crippen LogP contribution in [0.15, 0.2) is 53.6 Å². The quantitative estimate of drug-likeness (QED) is 0.541. The summed E-state index contributed by atoms with van der Waals surface area (Å²) in [5.41, 5.74) is 3.01. The van der Waals surface area contributed by atoms with Gasteiger partial charge in [0.2, 0.25) is 0 Å². The van der Waals surface area contributed by atoms with Crippen molar-refractivity contribution in [3.05, 3.63) is 65.5 Å². The second-order valence-corrected chi connectivity index (χ2v) is 6.38. The molecule has 2 amide bonds. The molecule has 0 aliphatic carbocycles. The molecule has 7 heteroatoms. The van der Waals surface area contributed by atoms with Crippen molar-refractivity contribution >= 4 is 18.0 Å². The number of nitrogens with one attached hydrogen (secondary N) is 2. The fourth-order valence-electron chi connectivity index (χ4n) is 2.51. The van der Waals surface area contributed by atoms with E-state index in [-0.39, 0.29) is 11.5 Å². The number of halogens is 1. The fraction of sp³-hybridized carbons (Fsp3) is 0.286. The third kappa shape index (κ3) is 5.64. The number of hydrogen-bond donors (Lipinski definition) is 2. The maximum absolute atomic E-state index is 13.8. The van der Waals surface area contributed by atoms with Crippen molar-refractivity contribution in [2.45, 2.75) is 26.8 Å². The third-order valence-corrected chi connectivity index (χ3v) is 3.95. The number of hydrogen-bond acceptors (Lipinski definition) is 4. The first-order valence-electron chi connectivity index (χ1n) is 9.04. The highest BCUT2D eigenvalue weighted by Crippen LogP contribution is 2.15. The van der Waals surface area contributed by atoms with Gasteiger partial charge in [-0.2, -0.15) is 5.10 Å². The van der Waals surface area contributed by atoms with Gasteiger partial charge in [-0.1, -0.05) is 38.1 Å². The van der Waals surface area contributed by atoms with E-state index in [1.54, 1.807) is 32.0 Å². The van der Waals surface area contributed by atoms with E-state index in [9.17, 15) is 14.0 Å². The Bertz CT molecular complexity index is 852. The predicted octanol–water partition coefficient (Wildman–Crippen LogP) is 3.13. The van der Waals surface area contributed by atoms with Crippen LogP contribution >= 0.6 is 0 Å². The lowest BCUT2D eigenvalue weighted by Gasteiger charge is -2.20. The van der Waals surface area contributed by atoms with Gasteiger partial charge in [0, 0.05) is 5.56 Å². The van der Waals surface area contributed by atoms with Crippen LogP contribution in [0.5, 0.6) is 5.75 Å². The largest absolute Gasteiger partial charge is 0.493 e. The maximum atomic E-state index is 13.8. The zero-order valence-corrected chi connectivity index (χ0v) is 16.1. The Morgan fingerprint density at radius 3 is 2.50 bits per heavy atom. The van der Waals surface area contributed by atoms with Crippen molar-refractivity contribution in [1.82, 2.24) is 10.7 Å². The summed E-state index contributed by atoms with van der Waals surface area (Å²) in [6.07, 6.45) is 1.47. The van der Waals surface area contributed by atoms with Crippen LogP contribution < -0.4 is 15.5 Å². The van der Waals surface area contributed by atoms with E-state index in [1.165, 1.54) is 24.4 Å². The number of nitrogens with zero attached hydrogens (tertiary/aromatic N) is 1. The number of rotatable bonds is 8. The second-order valence-electron chi connectivity index (χ2n) is 6.38. The van der Waals surface area contributed by atoms with Crippen LogP contribution in [-0.4, -0.2) is 30.7 Å². The second kappa shape index (κ2) is 10.2. The van der Waals surface area contributed by atoms with Crippen LogP contribution in [0.1, 0.15) is 36.7 Å². The first-order chi connectivity index (χ1) is 13.4. The standard InChI is InChI=1S/C21H24FN3O3/c1-4-28-18-12-8-5-9-15(18)13-23-25-21(27)19(14(2)3)24-20(26)16-10-6-7-11-17(16)22/h5-14,19H,4H2,1-3H3,(H,24,26)(H,25,27)/b23-13+. The van der Waals surface area contributed by atoms with Crippen molar-refractivity contribution in [1.29, 1.82) is 0 Å². The van der Waals surface area contributed by atoms with Crippen LogP contribution in [0.25, 0.3) is 0 Å². The van der Waals surface area contributed by atoms with E-state index < -0.39 is 23.7 Å². The maximum Gasteiger partial charge on any atom is 0.262 e. The Kier molecular flexibility index (Phi) is 7.68. The number of ether oxygens (including phenoxy) is 1. The van der Waals surface area contributed by atoms with E-state index >= 15 is 0 Å². The molecule has 1 atom stereocenters. The molecular weight excluding hydrogens is 361 g/mol. The first kappa shape index (κ1) is 21.1. The molecule has 0 fully saturated rings. The summed E-state index contributed by atoms with van der Waals surface area (Å²) < 4.78 is 19.3. The van der Waals surface area contributed by atoms with Crippen LogP contribution in [0.4, 0.5) is 4.39 Å². The molecule has 2 aromatic rings. The molecule has 0 saturated heterocycles. The lowest BCUT2D eigenvalue weighted by atomic mass is 10.0. The number of carbonyl (C=O) groups is 2. The van der Waals surface area contributed by atoms with Gasteiger partial charge in [0.05, 0.1) is 18.4 Å². The lowest BCUT2D eigenvalue weighted by Crippen LogP contribution is -2.48. The average molecular weight is 385 g/mol. The molecule has 148 valence electrons. The van der Waals surface area contributed by atoms with Crippen molar-refractivity contribution in [2.24, 2.45) is 11.0 Å². The van der Waals surface area contributed by atoms with E-state index in [0.717, 1.165) is 0 Å². The molecule has 0 radical (unpaired) electrons. The Balaban J connectivity index is 2.05. The van der Waals surface area contributed by atoms with Crippen molar-refractivity contribution in [2.75, 3.05) is 6.61 Å². The molecule has 0 aliphatic heterocycles. The Morgan fingerprint density at radius 1 is 1.14 bits per heavy atom. The summed E-state index contributed by atoms with van der Waals surface area (Å²) in [6, 6.07) is 12.0. The normalized spacial score (nSPS) is 12.0. The first-order valence-corrected chi connectivity index (χ1v) is 9.04. The SMILES string of the molecule is CCOc1ccccc1/C=N/NC(=O)C(NC(=O)c1ccccc1F)C(C)C. The summed E-state index contributed by atoms with van der Waals surface area (Å²) in [4.78, 5) is 24.8. The molecule has 0 aliphatic rings. The molecule has 0 spiro atoms. The van der Waals surface area contributed by atoms with E-state index in [1.807, 2.05) is 19.1 Å². The topological polar surface area (TPSA) is 79.8 Å². The van der Waals surface area contributed by atoms with Crippen LogP contribution in [0.2, 0.25) is 0 Å². The summed E-state index contributed by atoms with van der Waals surface area (Å²) in [5.74, 6) is -1.37. The van der Waals surface area contributed by atoms with Crippen molar-refractivity contribution in [3.8, 4) is 5.75 Å². The highest BCUT2D eigenvalue weighted by Gasteiger charge is 2.25. The third-order valence-electron chi connectivity index (χ3n) is 3.95. The van der Waals surface area contributed by atoms with Crippen molar-refractivity contribution < 1.29 is 18.7 Å². The van der Waals surface area contributed by atoms with Crippen LogP contribution in [-0.2, 0) is 4.79 Å². The molecule has 2 rings (SSSR count). The van der Waals surface area contributed by atoms with Gasteiger partial charge in [-0.3, -0.25) is 9.59 Å². The van der Waals surface area contributed by atoms with E-state index in [0.29, 0.717) is 17.9 Å². The van der Waals surface area contributed by atoms with Gasteiger partial charge >= 0.3 is 0 Å². The molecule has 2 N–H and O–H groups in total. The minimum Gasteiger partial charge on any atom is -0.493 e. The molecule has 0 aromatic heterocycles. The Labute approximate surface area is 163 Å². The average Bonchev–Trinajstić information content (AvgIpc) is 2.67. The summed E-state index contributed by atoms with van der Waals surface area (Å²) in [6.45, 7) is 5.94. The number of carbonyl (C=O) groups excluding carboxylic acids is 2. The molecule has 6 nitrogen and oxygen atoms in total. The van der Waals surface area contributed by atoms with Gasteiger partial charge in [0.25, 0.3) is 11.8 Å². The molecule has 0 heterocycles. The zero-order valence-electron chi connectivity index (χ0n) is 16.1. The highest BCUT2D eigenvalue weighted by molar-refractivity contribution is 5.98. The molecule has 1 unspecified atom stereocenters. The number of amides is 2. The van der Waals surface area contributed by atoms with Gasteiger partial charge in [-0.15, -0.1) is 0 Å². The van der Waals surface area contributed by atoms with Gasteiger partial charge in [0.15, 0.2) is 0 Å². The molecular formula is C21H24FN3O3. The monoisotopic (exact) mass is 385 g/mol. The Hall–Kier alpha value is -3.22. The van der Waals surface area contributed by atoms with E-state index in [2.05, 4.69) is 15.8 Å². The zero-order chi connectivity index (χ0) is 20.5. The molecule has 0 saturated carbocycles. The number of benzene rings is 2. The van der Waals surface area contributed by atoms with E-state index in [4.69, 9.17) is 4.74 Å². The number of para-hydroxylation sites is 1. The van der Waals surface area contributed by atoms with Crippen LogP contribution in [0.3, 0.4) is 0 Å². The van der Waals surface area contributed by atoms with Gasteiger partial charge < -0.3 is 10.1 Å². The highest BCUT2D eigenvalue weighted by atomic mass is 19.1. The van der Waals surface area contributed by atoms with Crippen LogP contribution in [0, 0.1) is 11.7 Å². The van der Waals surface area contributed by atoms with Gasteiger partial charge in [0.1, 0.15) is 17.6 Å². The minimum atomic E-state index is -0.869.